The Kier molecular flexibility index (Phi) is 52.8. The summed E-state index contributed by atoms with van der Waals surface area (Å²) in [7, 11) is 0. The SMILES string of the molecule is C=C/C=C(\C=C)COO.O.[NH-]CCOCCOCCO.[Y].[Y]. The van der Waals surface area contributed by atoms with E-state index < -0.39 is 0 Å². The second kappa shape index (κ2) is 33.7. The maximum Gasteiger partial charge on any atom is 0.107 e. The quantitative estimate of drug-likeness (QED) is 0.202. The van der Waals surface area contributed by atoms with Crippen LogP contribution in [0.15, 0.2) is 37.0 Å². The van der Waals surface area contributed by atoms with Crippen LogP contribution in [0.1, 0.15) is 0 Å². The zero-order valence-corrected chi connectivity index (χ0v) is 18.5. The molecule has 0 atom stereocenters. The molecule has 0 heterocycles. The van der Waals surface area contributed by atoms with Crippen molar-refractivity contribution in [1.29, 1.82) is 0 Å². The van der Waals surface area contributed by atoms with Crippen LogP contribution in [0.5, 0.6) is 0 Å². The van der Waals surface area contributed by atoms with Crippen molar-refractivity contribution in [2.24, 2.45) is 0 Å². The number of ether oxygens (including phenoxy) is 2. The van der Waals surface area contributed by atoms with E-state index in [9.17, 15) is 0 Å². The summed E-state index contributed by atoms with van der Waals surface area (Å²) in [6, 6.07) is 0. The van der Waals surface area contributed by atoms with Gasteiger partial charge < -0.3 is 25.8 Å². The van der Waals surface area contributed by atoms with Crippen LogP contribution >= 0.6 is 0 Å². The first-order chi connectivity index (χ1) is 9.26. The van der Waals surface area contributed by atoms with Crippen LogP contribution < -0.4 is 0 Å². The second-order valence-corrected chi connectivity index (χ2v) is 3.15. The largest absolute Gasteiger partial charge is 0.676 e. The summed E-state index contributed by atoms with van der Waals surface area (Å²) < 4.78 is 9.83. The topological polar surface area (TPSA) is 123 Å². The van der Waals surface area contributed by atoms with Gasteiger partial charge in [0.2, 0.25) is 0 Å². The standard InChI is InChI=1S/C7H10O2.C6H14NO3.H2O.2Y/c1-3-5-7(4-2)6-9-8;7-1-3-9-5-6-10-4-2-8;;;/h3-5,8H,1-2,6H2;7-8H,1-6H2;1H2;;/q;-1;;;/b7-5+;;;;. The molecule has 0 aromatic rings. The molecule has 0 saturated carbocycles. The molecule has 5 N–H and O–H groups in total. The first-order valence-corrected chi connectivity index (χ1v) is 5.88. The zero-order chi connectivity index (χ0) is 14.8. The van der Waals surface area contributed by atoms with Gasteiger partial charge in [0.05, 0.1) is 26.4 Å². The first-order valence-electron chi connectivity index (χ1n) is 5.88. The molecule has 0 aliphatic rings. The van der Waals surface area contributed by atoms with Gasteiger partial charge in [-0.05, 0) is 5.57 Å². The van der Waals surface area contributed by atoms with Crippen molar-refractivity contribution in [3.05, 3.63) is 42.7 Å². The Balaban J connectivity index is -0.0000000774. The van der Waals surface area contributed by atoms with Crippen molar-refractivity contribution >= 4 is 0 Å². The van der Waals surface area contributed by atoms with Crippen molar-refractivity contribution < 1.29 is 95.6 Å². The van der Waals surface area contributed by atoms with E-state index in [2.05, 4.69) is 18.0 Å². The van der Waals surface area contributed by atoms with Crippen LogP contribution in [-0.2, 0) is 79.8 Å². The van der Waals surface area contributed by atoms with E-state index in [1.807, 2.05) is 0 Å². The van der Waals surface area contributed by atoms with Gasteiger partial charge in [0.1, 0.15) is 6.61 Å². The number of aliphatic hydroxyl groups is 1. The van der Waals surface area contributed by atoms with Gasteiger partial charge in [0.15, 0.2) is 0 Å². The molecule has 0 rings (SSSR count). The number of nitrogens with one attached hydrogen (secondary N) is 1. The summed E-state index contributed by atoms with van der Waals surface area (Å²) in [5, 5.41) is 16.2. The van der Waals surface area contributed by atoms with E-state index in [4.69, 9.17) is 25.6 Å². The minimum Gasteiger partial charge on any atom is -0.676 e. The molecule has 0 aliphatic carbocycles. The molecule has 0 spiro atoms. The molecule has 0 aliphatic heterocycles. The van der Waals surface area contributed by atoms with Crippen molar-refractivity contribution in [1.82, 2.24) is 0 Å². The molecule has 22 heavy (non-hydrogen) atoms. The minimum absolute atomic E-state index is 0. The third-order valence-electron chi connectivity index (χ3n) is 1.68. The Hall–Kier alpha value is 1.15. The summed E-state index contributed by atoms with van der Waals surface area (Å²) >= 11 is 0. The van der Waals surface area contributed by atoms with Crippen molar-refractivity contribution in [3.8, 4) is 0 Å². The Labute approximate surface area is 183 Å². The Morgan fingerprint density at radius 1 is 1.05 bits per heavy atom. The van der Waals surface area contributed by atoms with E-state index in [1.54, 1.807) is 18.2 Å². The Bertz CT molecular complexity index is 235. The average molecular weight is 470 g/mol. The van der Waals surface area contributed by atoms with Gasteiger partial charge in [-0.15, -0.1) is 6.54 Å². The summed E-state index contributed by atoms with van der Waals surface area (Å²) in [4.78, 5) is 3.86. The van der Waals surface area contributed by atoms with Crippen LogP contribution in [0.3, 0.4) is 0 Å². The van der Waals surface area contributed by atoms with E-state index in [-0.39, 0.29) is 84.1 Å². The van der Waals surface area contributed by atoms with Crippen molar-refractivity contribution in [2.45, 2.75) is 0 Å². The molecular formula is C13H26NO6Y2-. The third kappa shape index (κ3) is 32.9. The van der Waals surface area contributed by atoms with Gasteiger partial charge in [0.25, 0.3) is 0 Å². The molecule has 126 valence electrons. The van der Waals surface area contributed by atoms with Crippen LogP contribution in [-0.4, -0.2) is 62.0 Å². The van der Waals surface area contributed by atoms with Crippen LogP contribution in [0, 0.1) is 0 Å². The van der Waals surface area contributed by atoms with Gasteiger partial charge >= 0.3 is 0 Å². The normalized spacial score (nSPS) is 9.14. The number of hydrogen-bond donors (Lipinski definition) is 2. The molecule has 7 nitrogen and oxygen atoms in total. The van der Waals surface area contributed by atoms with Crippen LogP contribution in [0.4, 0.5) is 0 Å². The molecule has 0 aromatic heterocycles. The zero-order valence-electron chi connectivity index (χ0n) is 12.9. The van der Waals surface area contributed by atoms with Crippen LogP contribution in [0.2, 0.25) is 0 Å². The molecule has 2 radical (unpaired) electrons. The fourth-order valence-electron chi connectivity index (χ4n) is 0.860. The first kappa shape index (κ1) is 34.5. The van der Waals surface area contributed by atoms with E-state index in [0.717, 1.165) is 5.57 Å². The van der Waals surface area contributed by atoms with E-state index in [1.165, 1.54) is 0 Å². The number of allylic oxidation sites excluding steroid dienone is 2. The van der Waals surface area contributed by atoms with Gasteiger partial charge in [-0.2, -0.15) is 0 Å². The maximum atomic E-state index is 8.27. The van der Waals surface area contributed by atoms with Gasteiger partial charge in [-0.3, -0.25) is 5.26 Å². The molecule has 0 saturated heterocycles. The molecular weight excluding hydrogens is 444 g/mol. The summed E-state index contributed by atoms with van der Waals surface area (Å²) in [6.45, 7) is 9.31. The van der Waals surface area contributed by atoms with Gasteiger partial charge in [-0.1, -0.05) is 31.4 Å². The maximum absolute atomic E-state index is 8.27. The average Bonchev–Trinajstić information content (AvgIpc) is 2.43. The van der Waals surface area contributed by atoms with E-state index in [0.29, 0.717) is 33.0 Å². The monoisotopic (exact) mass is 470 g/mol. The summed E-state index contributed by atoms with van der Waals surface area (Å²) in [5.74, 6) is 0. The molecule has 0 bridgehead atoms. The molecule has 0 unspecified atom stereocenters. The van der Waals surface area contributed by atoms with Crippen LogP contribution in [0.25, 0.3) is 5.73 Å². The smallest absolute Gasteiger partial charge is 0.107 e. The Morgan fingerprint density at radius 3 is 1.95 bits per heavy atom. The molecule has 9 heteroatoms. The minimum atomic E-state index is 0. The van der Waals surface area contributed by atoms with E-state index >= 15 is 0 Å². The molecule has 0 aromatic carbocycles. The second-order valence-electron chi connectivity index (χ2n) is 3.15. The fourth-order valence-corrected chi connectivity index (χ4v) is 0.860. The third-order valence-corrected chi connectivity index (χ3v) is 1.68. The van der Waals surface area contributed by atoms with Gasteiger partial charge in [-0.25, -0.2) is 4.89 Å². The number of aliphatic hydroxyl groups excluding tert-OH is 1. The van der Waals surface area contributed by atoms with Gasteiger partial charge in [0, 0.05) is 72.0 Å². The van der Waals surface area contributed by atoms with Crippen molar-refractivity contribution in [3.63, 3.8) is 0 Å². The Morgan fingerprint density at radius 2 is 1.59 bits per heavy atom. The predicted octanol–water partition coefficient (Wildman–Crippen LogP) is 1.01. The fraction of sp³-hybridized carbons (Fsp3) is 0.538. The number of rotatable bonds is 11. The summed E-state index contributed by atoms with van der Waals surface area (Å²) in [5.41, 5.74) is 7.51. The molecule has 0 amide bonds. The summed E-state index contributed by atoms with van der Waals surface area (Å²) in [6.07, 6.45) is 4.91. The predicted molar refractivity (Wildman–Crippen MR) is 78.6 cm³/mol. The molecule has 0 fully saturated rings. The van der Waals surface area contributed by atoms with Crippen molar-refractivity contribution in [2.75, 3.05) is 46.2 Å². The number of hydrogen-bond acceptors (Lipinski definition) is 5.